The minimum atomic E-state index is -0.0691. The zero-order valence-corrected chi connectivity index (χ0v) is 18.0. The molecule has 0 aliphatic carbocycles. The Balaban J connectivity index is 1.70. The van der Waals surface area contributed by atoms with Crippen molar-refractivity contribution < 1.29 is 9.53 Å². The van der Waals surface area contributed by atoms with Gasteiger partial charge in [0.15, 0.2) is 11.0 Å². The van der Waals surface area contributed by atoms with E-state index in [9.17, 15) is 4.79 Å². The third-order valence-corrected chi connectivity index (χ3v) is 5.52. The van der Waals surface area contributed by atoms with Gasteiger partial charge in [0.05, 0.1) is 18.4 Å². The van der Waals surface area contributed by atoms with Gasteiger partial charge in [0, 0.05) is 12.2 Å². The molecule has 0 atom stereocenters. The van der Waals surface area contributed by atoms with Gasteiger partial charge in [-0.1, -0.05) is 49.9 Å². The number of methoxy groups -OCH3 is 1. The molecule has 7 heteroatoms. The van der Waals surface area contributed by atoms with E-state index in [4.69, 9.17) is 4.74 Å². The number of benzene rings is 2. The van der Waals surface area contributed by atoms with Crippen LogP contribution in [0.25, 0.3) is 11.4 Å². The van der Waals surface area contributed by atoms with E-state index in [1.165, 1.54) is 17.3 Å². The Morgan fingerprint density at radius 1 is 1.17 bits per heavy atom. The first-order valence-corrected chi connectivity index (χ1v) is 10.6. The molecule has 2 aromatic carbocycles. The zero-order valence-electron chi connectivity index (χ0n) is 17.2. The number of carbonyl (C=O) groups is 1. The summed E-state index contributed by atoms with van der Waals surface area (Å²) in [6, 6.07) is 15.7. The van der Waals surface area contributed by atoms with Crippen LogP contribution in [-0.4, -0.2) is 33.5 Å². The first kappa shape index (κ1) is 20.9. The van der Waals surface area contributed by atoms with Crippen molar-refractivity contribution in [3.05, 3.63) is 54.1 Å². The summed E-state index contributed by atoms with van der Waals surface area (Å²) in [6.45, 7) is 6.99. The third-order valence-electron chi connectivity index (χ3n) is 4.55. The van der Waals surface area contributed by atoms with Crippen molar-refractivity contribution >= 4 is 23.4 Å². The summed E-state index contributed by atoms with van der Waals surface area (Å²) in [4.78, 5) is 12.4. The molecular formula is C22H26N4O2S. The van der Waals surface area contributed by atoms with Crippen LogP contribution in [0.1, 0.15) is 32.3 Å². The predicted molar refractivity (Wildman–Crippen MR) is 118 cm³/mol. The number of rotatable bonds is 8. The smallest absolute Gasteiger partial charge is 0.234 e. The highest BCUT2D eigenvalue weighted by Gasteiger charge is 2.17. The highest BCUT2D eigenvalue weighted by molar-refractivity contribution is 7.99. The van der Waals surface area contributed by atoms with Gasteiger partial charge in [-0.15, -0.1) is 10.2 Å². The van der Waals surface area contributed by atoms with Gasteiger partial charge in [0.2, 0.25) is 5.91 Å². The first-order chi connectivity index (χ1) is 14.0. The number of nitrogens with one attached hydrogen (secondary N) is 1. The number of aromatic nitrogens is 3. The molecule has 0 aliphatic heterocycles. The molecule has 1 heterocycles. The van der Waals surface area contributed by atoms with E-state index in [1.54, 1.807) is 7.11 Å². The fraction of sp³-hybridized carbons (Fsp3) is 0.318. The molecule has 0 radical (unpaired) electrons. The molecule has 0 saturated heterocycles. The maximum atomic E-state index is 12.4. The van der Waals surface area contributed by atoms with Gasteiger partial charge in [0.1, 0.15) is 5.75 Å². The van der Waals surface area contributed by atoms with E-state index in [2.05, 4.69) is 35.4 Å². The Labute approximate surface area is 175 Å². The second-order valence-electron chi connectivity index (χ2n) is 6.87. The van der Waals surface area contributed by atoms with Crippen molar-refractivity contribution in [2.45, 2.75) is 38.4 Å². The van der Waals surface area contributed by atoms with Gasteiger partial charge < -0.3 is 14.6 Å². The van der Waals surface area contributed by atoms with Crippen molar-refractivity contribution in [1.82, 2.24) is 14.8 Å². The van der Waals surface area contributed by atoms with Gasteiger partial charge in [0.25, 0.3) is 0 Å². The molecule has 0 bridgehead atoms. The average Bonchev–Trinajstić information content (AvgIpc) is 3.15. The maximum absolute atomic E-state index is 12.4. The lowest BCUT2D eigenvalue weighted by atomic mass is 10.0. The Morgan fingerprint density at radius 2 is 1.97 bits per heavy atom. The van der Waals surface area contributed by atoms with Crippen molar-refractivity contribution in [3.63, 3.8) is 0 Å². The van der Waals surface area contributed by atoms with Crippen LogP contribution in [0.2, 0.25) is 0 Å². The van der Waals surface area contributed by atoms with Crippen LogP contribution in [0.4, 0.5) is 5.69 Å². The molecule has 0 saturated carbocycles. The minimum absolute atomic E-state index is 0.0691. The Kier molecular flexibility index (Phi) is 6.93. The van der Waals surface area contributed by atoms with Crippen molar-refractivity contribution in [2.24, 2.45) is 0 Å². The molecule has 1 N–H and O–H groups in total. The number of amides is 1. The Bertz CT molecular complexity index is 984. The molecule has 0 aliphatic rings. The normalized spacial score (nSPS) is 10.9. The molecule has 0 spiro atoms. The van der Waals surface area contributed by atoms with Crippen LogP contribution < -0.4 is 10.1 Å². The third kappa shape index (κ3) is 4.98. The Morgan fingerprint density at radius 3 is 2.69 bits per heavy atom. The molecule has 29 heavy (non-hydrogen) atoms. The second kappa shape index (κ2) is 9.60. The standard InChI is InChI=1S/C22H26N4O2S/c1-5-26-21(18-11-6-7-12-19(18)28-4)24-25-22(26)29-14-20(27)23-17-10-8-9-16(13-17)15(2)3/h6-13,15H,5,14H2,1-4H3,(H,23,27). The first-order valence-electron chi connectivity index (χ1n) is 9.62. The fourth-order valence-corrected chi connectivity index (χ4v) is 3.81. The van der Waals surface area contributed by atoms with Gasteiger partial charge in [-0.3, -0.25) is 4.79 Å². The fourth-order valence-electron chi connectivity index (χ4n) is 3.01. The van der Waals surface area contributed by atoms with E-state index in [0.717, 1.165) is 22.8 Å². The lowest BCUT2D eigenvalue weighted by Gasteiger charge is -2.11. The highest BCUT2D eigenvalue weighted by atomic mass is 32.2. The van der Waals surface area contributed by atoms with Gasteiger partial charge in [-0.2, -0.15) is 0 Å². The van der Waals surface area contributed by atoms with Crippen molar-refractivity contribution in [1.29, 1.82) is 0 Å². The highest BCUT2D eigenvalue weighted by Crippen LogP contribution is 2.30. The zero-order chi connectivity index (χ0) is 20.8. The minimum Gasteiger partial charge on any atom is -0.496 e. The molecule has 3 aromatic rings. The van der Waals surface area contributed by atoms with Crippen LogP contribution in [-0.2, 0) is 11.3 Å². The maximum Gasteiger partial charge on any atom is 0.234 e. The number of para-hydroxylation sites is 1. The number of carbonyl (C=O) groups excluding carboxylic acids is 1. The molecule has 1 aromatic heterocycles. The molecular weight excluding hydrogens is 384 g/mol. The van der Waals surface area contributed by atoms with Gasteiger partial charge in [-0.25, -0.2) is 0 Å². The monoisotopic (exact) mass is 410 g/mol. The van der Waals surface area contributed by atoms with E-state index >= 15 is 0 Å². The second-order valence-corrected chi connectivity index (χ2v) is 7.81. The lowest BCUT2D eigenvalue weighted by Crippen LogP contribution is -2.15. The number of ether oxygens (including phenoxy) is 1. The summed E-state index contributed by atoms with van der Waals surface area (Å²) in [5.41, 5.74) is 2.89. The summed E-state index contributed by atoms with van der Waals surface area (Å²) in [6.07, 6.45) is 0. The average molecular weight is 411 g/mol. The summed E-state index contributed by atoms with van der Waals surface area (Å²) in [5, 5.41) is 12.3. The predicted octanol–water partition coefficient (Wildman–Crippen LogP) is 4.83. The molecule has 152 valence electrons. The topological polar surface area (TPSA) is 69.0 Å². The van der Waals surface area contributed by atoms with Crippen LogP contribution in [0.5, 0.6) is 5.75 Å². The summed E-state index contributed by atoms with van der Waals surface area (Å²) in [5.74, 6) is 2.08. The van der Waals surface area contributed by atoms with Crippen LogP contribution >= 0.6 is 11.8 Å². The number of nitrogens with zero attached hydrogens (tertiary/aromatic N) is 3. The van der Waals surface area contributed by atoms with Crippen LogP contribution in [0.15, 0.2) is 53.7 Å². The van der Waals surface area contributed by atoms with Crippen molar-refractivity contribution in [2.75, 3.05) is 18.2 Å². The van der Waals surface area contributed by atoms with Gasteiger partial charge >= 0.3 is 0 Å². The molecule has 0 fully saturated rings. The quantitative estimate of drug-likeness (QED) is 0.539. The summed E-state index contributed by atoms with van der Waals surface area (Å²) in [7, 11) is 1.64. The molecule has 3 rings (SSSR count). The SMILES string of the molecule is CCn1c(SCC(=O)Nc2cccc(C(C)C)c2)nnc1-c1ccccc1OC. The van der Waals surface area contributed by atoms with Crippen LogP contribution in [0, 0.1) is 0 Å². The number of anilines is 1. The van der Waals surface area contributed by atoms with Crippen molar-refractivity contribution in [3.8, 4) is 17.1 Å². The molecule has 6 nitrogen and oxygen atoms in total. The Hall–Kier alpha value is -2.80. The number of hydrogen-bond acceptors (Lipinski definition) is 5. The number of hydrogen-bond donors (Lipinski definition) is 1. The van der Waals surface area contributed by atoms with E-state index in [-0.39, 0.29) is 11.7 Å². The summed E-state index contributed by atoms with van der Waals surface area (Å²) >= 11 is 1.37. The van der Waals surface area contributed by atoms with E-state index in [0.29, 0.717) is 17.6 Å². The molecule has 0 unspecified atom stereocenters. The largest absolute Gasteiger partial charge is 0.496 e. The molecule has 1 amide bonds. The lowest BCUT2D eigenvalue weighted by molar-refractivity contribution is -0.113. The van der Waals surface area contributed by atoms with Crippen LogP contribution in [0.3, 0.4) is 0 Å². The van der Waals surface area contributed by atoms with E-state index < -0.39 is 0 Å². The van der Waals surface area contributed by atoms with Gasteiger partial charge in [-0.05, 0) is 42.7 Å². The summed E-state index contributed by atoms with van der Waals surface area (Å²) < 4.78 is 7.44. The number of thioether (sulfide) groups is 1. The van der Waals surface area contributed by atoms with E-state index in [1.807, 2.05) is 54.0 Å².